The first kappa shape index (κ1) is 20.0. The van der Waals surface area contributed by atoms with Crippen molar-refractivity contribution in [1.29, 1.82) is 0 Å². The first-order valence-corrected chi connectivity index (χ1v) is 10.3. The molecule has 0 fully saturated rings. The van der Waals surface area contributed by atoms with Crippen molar-refractivity contribution in [1.82, 2.24) is 5.32 Å². The summed E-state index contributed by atoms with van der Waals surface area (Å²) in [6, 6.07) is 21.6. The monoisotopic (exact) mass is 403 g/mol. The fourth-order valence-corrected chi connectivity index (χ4v) is 3.88. The van der Waals surface area contributed by atoms with Crippen molar-refractivity contribution in [2.45, 2.75) is 38.3 Å². The first-order chi connectivity index (χ1) is 14.6. The molecule has 0 bridgehead atoms. The Hall–Kier alpha value is -3.34. The highest BCUT2D eigenvalue weighted by molar-refractivity contribution is 5.85. The van der Waals surface area contributed by atoms with Crippen LogP contribution in [0.15, 0.2) is 66.7 Å². The average Bonchev–Trinajstić information content (AvgIpc) is 2.77. The van der Waals surface area contributed by atoms with Gasteiger partial charge in [0.2, 0.25) is 0 Å². The van der Waals surface area contributed by atoms with Gasteiger partial charge in [0.25, 0.3) is 5.91 Å². The van der Waals surface area contributed by atoms with Crippen molar-refractivity contribution in [3.8, 4) is 5.75 Å². The number of benzene rings is 3. The Morgan fingerprint density at radius 1 is 1.03 bits per heavy atom. The Morgan fingerprint density at radius 2 is 1.80 bits per heavy atom. The van der Waals surface area contributed by atoms with Gasteiger partial charge in [-0.05, 0) is 60.2 Å². The molecule has 0 heterocycles. The molecule has 0 saturated carbocycles. The third-order valence-corrected chi connectivity index (χ3v) is 5.44. The van der Waals surface area contributed by atoms with E-state index in [0.29, 0.717) is 5.75 Å². The fraction of sp³-hybridized carbons (Fsp3) is 0.280. The van der Waals surface area contributed by atoms with Gasteiger partial charge in [0, 0.05) is 0 Å². The molecule has 1 N–H and O–H groups in total. The van der Waals surface area contributed by atoms with E-state index >= 15 is 0 Å². The molecule has 0 radical (unpaired) electrons. The maximum absolute atomic E-state index is 12.5. The standard InChI is InChI=1S/C25H25NO4/c1-17(25(28)26-23-12-6-10-19-8-4-5-11-22(19)23)30-24(27)16-29-21-14-13-18-7-2-3-9-20(18)15-21/h2-5,7-9,11,13-15,17,23H,6,10,12,16H2,1H3,(H,26,28)/t17-,23+/m0/s1. The number of hydrogen-bond acceptors (Lipinski definition) is 4. The molecule has 0 spiro atoms. The summed E-state index contributed by atoms with van der Waals surface area (Å²) in [5.74, 6) is -0.285. The molecule has 5 nitrogen and oxygen atoms in total. The average molecular weight is 403 g/mol. The van der Waals surface area contributed by atoms with Crippen molar-refractivity contribution in [2.24, 2.45) is 0 Å². The Bertz CT molecular complexity index is 1060. The molecule has 1 amide bonds. The summed E-state index contributed by atoms with van der Waals surface area (Å²) in [7, 11) is 0. The molecule has 1 aliphatic carbocycles. The Labute approximate surface area is 176 Å². The van der Waals surface area contributed by atoms with Gasteiger partial charge in [-0.3, -0.25) is 4.79 Å². The molecule has 0 unspecified atom stereocenters. The van der Waals surface area contributed by atoms with Gasteiger partial charge in [-0.2, -0.15) is 0 Å². The van der Waals surface area contributed by atoms with E-state index in [9.17, 15) is 9.59 Å². The van der Waals surface area contributed by atoms with Crippen molar-refractivity contribution < 1.29 is 19.1 Å². The number of fused-ring (bicyclic) bond motifs is 2. The Morgan fingerprint density at radius 3 is 2.67 bits per heavy atom. The third-order valence-electron chi connectivity index (χ3n) is 5.44. The highest BCUT2D eigenvalue weighted by Crippen LogP contribution is 2.29. The zero-order valence-electron chi connectivity index (χ0n) is 17.0. The normalized spacial score (nSPS) is 16.4. The first-order valence-electron chi connectivity index (χ1n) is 10.3. The van der Waals surface area contributed by atoms with Crippen molar-refractivity contribution in [3.05, 3.63) is 77.9 Å². The smallest absolute Gasteiger partial charge is 0.344 e. The fourth-order valence-electron chi connectivity index (χ4n) is 3.88. The van der Waals surface area contributed by atoms with Crippen LogP contribution in [0.1, 0.15) is 36.9 Å². The van der Waals surface area contributed by atoms with E-state index in [0.717, 1.165) is 35.6 Å². The van der Waals surface area contributed by atoms with Gasteiger partial charge >= 0.3 is 5.97 Å². The minimum Gasteiger partial charge on any atom is -0.482 e. The molecule has 0 aliphatic heterocycles. The van der Waals surface area contributed by atoms with Crippen LogP contribution in [0.25, 0.3) is 10.8 Å². The zero-order valence-corrected chi connectivity index (χ0v) is 17.0. The van der Waals surface area contributed by atoms with Crippen LogP contribution in [-0.4, -0.2) is 24.6 Å². The summed E-state index contributed by atoms with van der Waals surface area (Å²) in [6.45, 7) is 1.33. The van der Waals surface area contributed by atoms with Crippen LogP contribution in [0.2, 0.25) is 0 Å². The topological polar surface area (TPSA) is 64.6 Å². The van der Waals surface area contributed by atoms with Crippen LogP contribution in [0.5, 0.6) is 5.75 Å². The quantitative estimate of drug-likeness (QED) is 0.622. The van der Waals surface area contributed by atoms with E-state index in [1.54, 1.807) is 6.92 Å². The van der Waals surface area contributed by atoms with Gasteiger partial charge in [-0.1, -0.05) is 54.6 Å². The van der Waals surface area contributed by atoms with Crippen LogP contribution in [0, 0.1) is 0 Å². The number of carbonyl (C=O) groups is 2. The van der Waals surface area contributed by atoms with E-state index in [4.69, 9.17) is 9.47 Å². The molecule has 5 heteroatoms. The third kappa shape index (κ3) is 4.62. The lowest BCUT2D eigenvalue weighted by atomic mass is 9.87. The number of rotatable bonds is 6. The number of ether oxygens (including phenoxy) is 2. The molecule has 154 valence electrons. The zero-order chi connectivity index (χ0) is 20.9. The SMILES string of the molecule is C[C@H](OC(=O)COc1ccc2ccccc2c1)C(=O)N[C@@H]1CCCc2ccccc21. The van der Waals surface area contributed by atoms with Crippen LogP contribution in [0.4, 0.5) is 0 Å². The van der Waals surface area contributed by atoms with Gasteiger partial charge in [0.15, 0.2) is 12.7 Å². The van der Waals surface area contributed by atoms with E-state index in [1.165, 1.54) is 5.56 Å². The molecule has 1 aliphatic rings. The lowest BCUT2D eigenvalue weighted by molar-refractivity contribution is -0.156. The molecule has 3 aromatic rings. The maximum atomic E-state index is 12.5. The Kier molecular flexibility index (Phi) is 5.98. The van der Waals surface area contributed by atoms with Crippen LogP contribution in [-0.2, 0) is 20.7 Å². The van der Waals surface area contributed by atoms with E-state index in [1.807, 2.05) is 60.7 Å². The van der Waals surface area contributed by atoms with Gasteiger partial charge in [-0.15, -0.1) is 0 Å². The number of hydrogen-bond donors (Lipinski definition) is 1. The predicted octanol–water partition coefficient (Wildman–Crippen LogP) is 4.34. The minimum atomic E-state index is -0.883. The highest BCUT2D eigenvalue weighted by Gasteiger charge is 2.25. The van der Waals surface area contributed by atoms with Gasteiger partial charge in [0.1, 0.15) is 5.75 Å². The molecular weight excluding hydrogens is 378 g/mol. The second kappa shape index (κ2) is 8.99. The molecule has 2 atom stereocenters. The minimum absolute atomic E-state index is 0.0440. The molecule has 0 saturated heterocycles. The summed E-state index contributed by atoms with van der Waals surface area (Å²) in [4.78, 5) is 24.7. The summed E-state index contributed by atoms with van der Waals surface area (Å²) in [5.41, 5.74) is 2.41. The number of aryl methyl sites for hydroxylation is 1. The largest absolute Gasteiger partial charge is 0.482 e. The lowest BCUT2D eigenvalue weighted by Crippen LogP contribution is -2.39. The molecule has 30 heavy (non-hydrogen) atoms. The highest BCUT2D eigenvalue weighted by atomic mass is 16.6. The molecular formula is C25H25NO4. The van der Waals surface area contributed by atoms with Gasteiger partial charge < -0.3 is 14.8 Å². The van der Waals surface area contributed by atoms with Gasteiger partial charge in [0.05, 0.1) is 6.04 Å². The second-order valence-corrected chi connectivity index (χ2v) is 7.58. The summed E-state index contributed by atoms with van der Waals surface area (Å²) in [6.07, 6.45) is 2.05. The van der Waals surface area contributed by atoms with E-state index in [-0.39, 0.29) is 18.6 Å². The van der Waals surface area contributed by atoms with Crippen LogP contribution in [0.3, 0.4) is 0 Å². The van der Waals surface area contributed by atoms with E-state index in [2.05, 4.69) is 11.4 Å². The number of nitrogens with one attached hydrogen (secondary N) is 1. The number of amides is 1. The summed E-state index contributed by atoms with van der Waals surface area (Å²) >= 11 is 0. The van der Waals surface area contributed by atoms with Gasteiger partial charge in [-0.25, -0.2) is 4.79 Å². The molecule has 3 aromatic carbocycles. The number of esters is 1. The predicted molar refractivity (Wildman–Crippen MR) is 115 cm³/mol. The van der Waals surface area contributed by atoms with Crippen LogP contribution < -0.4 is 10.1 Å². The summed E-state index contributed by atoms with van der Waals surface area (Å²) in [5, 5.41) is 5.15. The van der Waals surface area contributed by atoms with Crippen molar-refractivity contribution >= 4 is 22.6 Å². The maximum Gasteiger partial charge on any atom is 0.344 e. The Balaban J connectivity index is 1.29. The van der Waals surface area contributed by atoms with Crippen LogP contribution >= 0.6 is 0 Å². The van der Waals surface area contributed by atoms with E-state index < -0.39 is 12.1 Å². The number of carbonyl (C=O) groups excluding carboxylic acids is 2. The lowest BCUT2D eigenvalue weighted by Gasteiger charge is -2.27. The second-order valence-electron chi connectivity index (χ2n) is 7.58. The van der Waals surface area contributed by atoms with Crippen molar-refractivity contribution in [3.63, 3.8) is 0 Å². The van der Waals surface area contributed by atoms with Crippen molar-refractivity contribution in [2.75, 3.05) is 6.61 Å². The molecule has 0 aromatic heterocycles. The molecule has 4 rings (SSSR count). The summed E-state index contributed by atoms with van der Waals surface area (Å²) < 4.78 is 10.8.